The highest BCUT2D eigenvalue weighted by molar-refractivity contribution is 5.69. The Labute approximate surface area is 268 Å². The molecule has 4 aliphatic rings. The molecule has 43 heavy (non-hydrogen) atoms. The predicted molar refractivity (Wildman–Crippen MR) is 184 cm³/mol. The van der Waals surface area contributed by atoms with Crippen molar-refractivity contribution in [3.63, 3.8) is 0 Å². The molecule has 0 amide bonds. The summed E-state index contributed by atoms with van der Waals surface area (Å²) in [6.07, 6.45) is 38.5. The highest BCUT2D eigenvalue weighted by Crippen LogP contribution is 2.66. The van der Waals surface area contributed by atoms with Crippen LogP contribution in [-0.2, 0) is 9.53 Å². The van der Waals surface area contributed by atoms with Crippen LogP contribution in [0.5, 0.6) is 0 Å². The van der Waals surface area contributed by atoms with Crippen LogP contribution < -0.4 is 0 Å². The van der Waals surface area contributed by atoms with Crippen LogP contribution >= 0.6 is 0 Å². The first kappa shape index (κ1) is 35.1. The van der Waals surface area contributed by atoms with E-state index in [0.29, 0.717) is 17.3 Å². The minimum absolute atomic E-state index is 0.0645. The van der Waals surface area contributed by atoms with E-state index in [2.05, 4.69) is 33.8 Å². The van der Waals surface area contributed by atoms with Crippen molar-refractivity contribution >= 4 is 5.97 Å². The third-order valence-electron chi connectivity index (χ3n) is 13.4. The first-order valence-electron chi connectivity index (χ1n) is 19.8. The SMILES string of the molecule is CCCCCCCCCCCCCC(=O)O[C@H]1CC[C@@]2(C)C(=CC[C@H]3[C@@H]4CC[C@@H](CCCCCCCC)[C@@]4(C)CC[C@@H]32)C1. The first-order chi connectivity index (χ1) is 20.9. The molecule has 248 valence electrons. The van der Waals surface area contributed by atoms with Crippen molar-refractivity contribution in [2.45, 2.75) is 207 Å². The van der Waals surface area contributed by atoms with Crippen LogP contribution in [0.2, 0.25) is 0 Å². The van der Waals surface area contributed by atoms with E-state index in [1.54, 1.807) is 5.57 Å². The Balaban J connectivity index is 1.16. The van der Waals surface area contributed by atoms with Gasteiger partial charge in [-0.15, -0.1) is 0 Å². The summed E-state index contributed by atoms with van der Waals surface area (Å²) in [5.74, 6) is 3.72. The van der Waals surface area contributed by atoms with Gasteiger partial charge in [-0.2, -0.15) is 0 Å². The fraction of sp³-hybridized carbons (Fsp3) is 0.927. The summed E-state index contributed by atoms with van der Waals surface area (Å²) < 4.78 is 6.10. The van der Waals surface area contributed by atoms with Crippen LogP contribution in [0.1, 0.15) is 201 Å². The lowest BCUT2D eigenvalue weighted by Crippen LogP contribution is -2.50. The number of carbonyl (C=O) groups excluding carboxylic acids is 1. The van der Waals surface area contributed by atoms with E-state index in [4.69, 9.17) is 4.74 Å². The number of fused-ring (bicyclic) bond motifs is 5. The highest BCUT2D eigenvalue weighted by Gasteiger charge is 2.58. The van der Waals surface area contributed by atoms with E-state index in [1.807, 2.05) is 0 Å². The average molecular weight is 597 g/mol. The molecule has 2 nitrogen and oxygen atoms in total. The summed E-state index contributed by atoms with van der Waals surface area (Å²) in [5, 5.41) is 0. The van der Waals surface area contributed by atoms with E-state index in [-0.39, 0.29) is 12.1 Å². The van der Waals surface area contributed by atoms with Gasteiger partial charge >= 0.3 is 5.97 Å². The van der Waals surface area contributed by atoms with Crippen molar-refractivity contribution in [3.05, 3.63) is 11.6 Å². The normalized spacial score (nSPS) is 33.4. The molecule has 2 heteroatoms. The van der Waals surface area contributed by atoms with Crippen molar-refractivity contribution in [2.24, 2.45) is 34.5 Å². The maximum absolute atomic E-state index is 12.7. The molecule has 0 saturated heterocycles. The van der Waals surface area contributed by atoms with Gasteiger partial charge in [-0.25, -0.2) is 0 Å². The van der Waals surface area contributed by atoms with Gasteiger partial charge in [0.05, 0.1) is 0 Å². The monoisotopic (exact) mass is 597 g/mol. The van der Waals surface area contributed by atoms with Gasteiger partial charge in [0.25, 0.3) is 0 Å². The van der Waals surface area contributed by atoms with E-state index in [9.17, 15) is 4.79 Å². The lowest BCUT2D eigenvalue weighted by molar-refractivity contribution is -0.151. The molecule has 0 bridgehead atoms. The average Bonchev–Trinajstić information content (AvgIpc) is 3.34. The molecule has 4 rings (SSSR count). The van der Waals surface area contributed by atoms with Gasteiger partial charge in [0.15, 0.2) is 0 Å². The Bertz CT molecular complexity index is 845. The zero-order chi connectivity index (χ0) is 30.5. The van der Waals surface area contributed by atoms with Gasteiger partial charge in [-0.1, -0.05) is 142 Å². The standard InChI is InChI=1S/C41H72O2/c1-5-7-9-11-13-14-15-16-17-19-21-23-39(42)43-35-28-30-41(4)34(32-35)24-26-36-37-27-25-33(22-20-18-12-10-8-6-2)40(37,3)31-29-38(36)41/h24,33,35-38H,5-23,25-32H2,1-4H3/t33-,35+,36+,37+,38+,40-,41+/m1/s1. The van der Waals surface area contributed by atoms with Crippen LogP contribution in [0.15, 0.2) is 11.6 Å². The van der Waals surface area contributed by atoms with Crippen molar-refractivity contribution in [3.8, 4) is 0 Å². The molecule has 0 N–H and O–H groups in total. The third-order valence-corrected chi connectivity index (χ3v) is 13.4. The maximum atomic E-state index is 12.7. The van der Waals surface area contributed by atoms with Gasteiger partial charge < -0.3 is 4.74 Å². The molecular formula is C41H72O2. The molecule has 0 spiro atoms. The van der Waals surface area contributed by atoms with Crippen LogP contribution in [0.3, 0.4) is 0 Å². The van der Waals surface area contributed by atoms with Gasteiger partial charge in [-0.05, 0) is 92.3 Å². The summed E-state index contributed by atoms with van der Waals surface area (Å²) >= 11 is 0. The zero-order valence-corrected chi connectivity index (χ0v) is 29.4. The first-order valence-corrected chi connectivity index (χ1v) is 19.8. The van der Waals surface area contributed by atoms with Crippen molar-refractivity contribution < 1.29 is 9.53 Å². The molecule has 0 heterocycles. The molecular weight excluding hydrogens is 524 g/mol. The Morgan fingerprint density at radius 2 is 1.33 bits per heavy atom. The summed E-state index contributed by atoms with van der Waals surface area (Å²) in [6.45, 7) is 9.91. The molecule has 0 radical (unpaired) electrons. The van der Waals surface area contributed by atoms with Crippen LogP contribution in [0, 0.1) is 34.5 Å². The van der Waals surface area contributed by atoms with Crippen LogP contribution in [0.4, 0.5) is 0 Å². The zero-order valence-electron chi connectivity index (χ0n) is 29.4. The fourth-order valence-corrected chi connectivity index (χ4v) is 10.7. The van der Waals surface area contributed by atoms with E-state index in [1.165, 1.54) is 148 Å². The Hall–Kier alpha value is -0.790. The Morgan fingerprint density at radius 1 is 0.721 bits per heavy atom. The quantitative estimate of drug-likeness (QED) is 0.0793. The van der Waals surface area contributed by atoms with Gasteiger partial charge in [0.1, 0.15) is 6.10 Å². The summed E-state index contributed by atoms with van der Waals surface area (Å²) in [4.78, 5) is 12.7. The van der Waals surface area contributed by atoms with Crippen molar-refractivity contribution in [1.29, 1.82) is 0 Å². The molecule has 0 aliphatic heterocycles. The smallest absolute Gasteiger partial charge is 0.306 e. The Morgan fingerprint density at radius 3 is 1.98 bits per heavy atom. The summed E-state index contributed by atoms with van der Waals surface area (Å²) in [6, 6.07) is 0. The van der Waals surface area contributed by atoms with Crippen LogP contribution in [-0.4, -0.2) is 12.1 Å². The number of unbranched alkanes of at least 4 members (excludes halogenated alkanes) is 15. The minimum Gasteiger partial charge on any atom is -0.462 e. The highest BCUT2D eigenvalue weighted by atomic mass is 16.5. The predicted octanol–water partition coefficient (Wildman–Crippen LogP) is 12.9. The molecule has 7 atom stereocenters. The Kier molecular flexibility index (Phi) is 14.5. The van der Waals surface area contributed by atoms with Gasteiger partial charge in [0, 0.05) is 12.8 Å². The number of allylic oxidation sites excluding steroid dienone is 1. The fourth-order valence-electron chi connectivity index (χ4n) is 10.7. The molecule has 0 aromatic heterocycles. The third kappa shape index (κ3) is 9.37. The van der Waals surface area contributed by atoms with Crippen molar-refractivity contribution in [1.82, 2.24) is 0 Å². The van der Waals surface area contributed by atoms with Crippen LogP contribution in [0.25, 0.3) is 0 Å². The number of rotatable bonds is 20. The second-order valence-corrected chi connectivity index (χ2v) is 16.3. The number of hydrogen-bond donors (Lipinski definition) is 0. The lowest BCUT2D eigenvalue weighted by Gasteiger charge is -2.58. The number of carbonyl (C=O) groups is 1. The molecule has 0 aromatic carbocycles. The summed E-state index contributed by atoms with van der Waals surface area (Å²) in [5.41, 5.74) is 2.59. The van der Waals surface area contributed by atoms with E-state index >= 15 is 0 Å². The molecule has 0 aromatic rings. The topological polar surface area (TPSA) is 26.3 Å². The minimum atomic E-state index is 0.0645. The number of ether oxygens (including phenoxy) is 1. The molecule has 3 saturated carbocycles. The van der Waals surface area contributed by atoms with Gasteiger partial charge in [0.2, 0.25) is 0 Å². The largest absolute Gasteiger partial charge is 0.462 e. The maximum Gasteiger partial charge on any atom is 0.306 e. The summed E-state index contributed by atoms with van der Waals surface area (Å²) in [7, 11) is 0. The van der Waals surface area contributed by atoms with Gasteiger partial charge in [-0.3, -0.25) is 4.79 Å². The molecule has 0 unspecified atom stereocenters. The second kappa shape index (κ2) is 17.8. The van der Waals surface area contributed by atoms with E-state index < -0.39 is 0 Å². The number of esters is 1. The van der Waals surface area contributed by atoms with E-state index in [0.717, 1.165) is 42.9 Å². The second-order valence-electron chi connectivity index (χ2n) is 16.3. The van der Waals surface area contributed by atoms with Crippen molar-refractivity contribution in [2.75, 3.05) is 0 Å². The molecule has 4 aliphatic carbocycles. The number of hydrogen-bond acceptors (Lipinski definition) is 2. The lowest BCUT2D eigenvalue weighted by atomic mass is 9.47. The molecule has 3 fully saturated rings.